The van der Waals surface area contributed by atoms with Crippen molar-refractivity contribution < 1.29 is 9.15 Å². The normalized spacial score (nSPS) is 10.6. The second kappa shape index (κ2) is 7.84. The van der Waals surface area contributed by atoms with E-state index in [1.807, 2.05) is 66.7 Å². The quantitative estimate of drug-likeness (QED) is 0.727. The van der Waals surface area contributed by atoms with Gasteiger partial charge in [0.2, 0.25) is 17.5 Å². The van der Waals surface area contributed by atoms with Gasteiger partial charge in [0.25, 0.3) is 0 Å². The number of nitrogens with zero attached hydrogens (tertiary/aromatic N) is 2. The van der Waals surface area contributed by atoms with Crippen LogP contribution in [0.1, 0.15) is 22.7 Å². The molecule has 0 unspecified atom stereocenters. The minimum Gasteiger partial charge on any atom is -0.497 e. The first-order valence-electron chi connectivity index (χ1n) is 7.79. The summed E-state index contributed by atoms with van der Waals surface area (Å²) in [4.78, 5) is 4.19. The molecule has 5 nitrogen and oxygen atoms in total. The van der Waals surface area contributed by atoms with Gasteiger partial charge >= 0.3 is 0 Å². The molecule has 0 radical (unpaired) electrons. The lowest BCUT2D eigenvalue weighted by atomic mass is 10.2. The molecule has 0 amide bonds. The lowest BCUT2D eigenvalue weighted by Crippen LogP contribution is -1.99. The van der Waals surface area contributed by atoms with Gasteiger partial charge in [0, 0.05) is 12.6 Å². The Morgan fingerprint density at radius 1 is 1.16 bits per heavy atom. The first-order chi connectivity index (χ1) is 12.3. The molecule has 25 heavy (non-hydrogen) atoms. The van der Waals surface area contributed by atoms with Crippen molar-refractivity contribution in [2.75, 3.05) is 12.4 Å². The van der Waals surface area contributed by atoms with Gasteiger partial charge in [0.1, 0.15) is 11.8 Å². The van der Waals surface area contributed by atoms with Crippen molar-refractivity contribution in [2.45, 2.75) is 6.54 Å². The molecule has 5 heteroatoms. The third kappa shape index (κ3) is 4.27. The standard InChI is InChI=1S/C20H17N3O2/c1-24-17-9-5-8-15(12-17)10-11-19-23-18(13-21)20(25-19)22-14-16-6-3-2-4-7-16/h2-12,22H,14H2,1H3. The molecular weight excluding hydrogens is 314 g/mol. The summed E-state index contributed by atoms with van der Waals surface area (Å²) in [7, 11) is 1.63. The summed E-state index contributed by atoms with van der Waals surface area (Å²) in [6.45, 7) is 0.559. The van der Waals surface area contributed by atoms with Crippen molar-refractivity contribution in [2.24, 2.45) is 0 Å². The van der Waals surface area contributed by atoms with E-state index >= 15 is 0 Å². The predicted octanol–water partition coefficient (Wildman–Crippen LogP) is 4.34. The Bertz CT molecular complexity index is 908. The molecule has 1 N–H and O–H groups in total. The first-order valence-corrected chi connectivity index (χ1v) is 7.79. The number of benzene rings is 2. The molecule has 3 aromatic rings. The van der Waals surface area contributed by atoms with Crippen LogP contribution in [0.15, 0.2) is 59.0 Å². The number of rotatable bonds is 6. The van der Waals surface area contributed by atoms with E-state index in [0.29, 0.717) is 18.3 Å². The second-order valence-electron chi connectivity index (χ2n) is 5.29. The zero-order valence-corrected chi connectivity index (χ0v) is 13.8. The number of nitrogens with one attached hydrogen (secondary N) is 1. The van der Waals surface area contributed by atoms with Crippen molar-refractivity contribution in [3.63, 3.8) is 0 Å². The molecular formula is C20H17N3O2. The molecule has 0 fully saturated rings. The lowest BCUT2D eigenvalue weighted by molar-refractivity contribution is 0.414. The van der Waals surface area contributed by atoms with Crippen LogP contribution in [0.25, 0.3) is 12.2 Å². The van der Waals surface area contributed by atoms with Gasteiger partial charge in [-0.1, -0.05) is 42.5 Å². The maximum atomic E-state index is 9.23. The van der Waals surface area contributed by atoms with Crippen molar-refractivity contribution >= 4 is 18.0 Å². The topological polar surface area (TPSA) is 71.1 Å². The van der Waals surface area contributed by atoms with Crippen LogP contribution in [0.5, 0.6) is 5.75 Å². The number of anilines is 1. The minimum atomic E-state index is 0.237. The van der Waals surface area contributed by atoms with Gasteiger partial charge in [0.05, 0.1) is 7.11 Å². The van der Waals surface area contributed by atoms with Crippen LogP contribution in [0.4, 0.5) is 5.88 Å². The lowest BCUT2D eigenvalue weighted by Gasteiger charge is -2.02. The Labute approximate surface area is 146 Å². The Balaban J connectivity index is 1.73. The van der Waals surface area contributed by atoms with Gasteiger partial charge in [-0.15, -0.1) is 0 Å². The summed E-state index contributed by atoms with van der Waals surface area (Å²) in [5.74, 6) is 1.52. The Morgan fingerprint density at radius 2 is 2.00 bits per heavy atom. The van der Waals surface area contributed by atoms with Gasteiger partial charge in [0.15, 0.2) is 0 Å². The highest BCUT2D eigenvalue weighted by molar-refractivity contribution is 5.67. The molecule has 0 saturated carbocycles. The molecule has 0 aliphatic rings. The Hall–Kier alpha value is -3.52. The summed E-state index contributed by atoms with van der Waals surface area (Å²) in [6.07, 6.45) is 3.58. The van der Waals surface area contributed by atoms with Gasteiger partial charge in [-0.25, -0.2) is 0 Å². The van der Waals surface area contributed by atoms with Crippen LogP contribution in [0.2, 0.25) is 0 Å². The number of hydrogen-bond donors (Lipinski definition) is 1. The van der Waals surface area contributed by atoms with Gasteiger partial charge in [-0.05, 0) is 29.3 Å². The molecule has 3 rings (SSSR count). The number of hydrogen-bond acceptors (Lipinski definition) is 5. The minimum absolute atomic E-state index is 0.237. The SMILES string of the molecule is COc1cccc(C=Cc2nc(C#N)c(NCc3ccccc3)o2)c1. The fourth-order valence-corrected chi connectivity index (χ4v) is 2.29. The molecule has 1 heterocycles. The fraction of sp³-hybridized carbons (Fsp3) is 0.100. The predicted molar refractivity (Wildman–Crippen MR) is 96.9 cm³/mol. The molecule has 0 saturated heterocycles. The van der Waals surface area contributed by atoms with Crippen molar-refractivity contribution in [1.29, 1.82) is 5.26 Å². The molecule has 1 aromatic heterocycles. The molecule has 124 valence electrons. The summed E-state index contributed by atoms with van der Waals surface area (Å²) < 4.78 is 10.8. The Morgan fingerprint density at radius 3 is 2.76 bits per heavy atom. The Kier molecular flexibility index (Phi) is 5.13. The molecule has 0 spiro atoms. The smallest absolute Gasteiger partial charge is 0.232 e. The van der Waals surface area contributed by atoms with Crippen LogP contribution >= 0.6 is 0 Å². The van der Waals surface area contributed by atoms with Gasteiger partial charge < -0.3 is 14.5 Å². The molecule has 0 bridgehead atoms. The molecule has 0 aliphatic carbocycles. The second-order valence-corrected chi connectivity index (χ2v) is 5.29. The highest BCUT2D eigenvalue weighted by Gasteiger charge is 2.11. The van der Waals surface area contributed by atoms with Crippen LogP contribution < -0.4 is 10.1 Å². The number of oxazole rings is 1. The first kappa shape index (κ1) is 16.3. The zero-order valence-electron chi connectivity index (χ0n) is 13.8. The summed E-state index contributed by atoms with van der Waals surface area (Å²) in [6, 6.07) is 19.6. The average molecular weight is 331 g/mol. The number of nitriles is 1. The third-order valence-corrected chi connectivity index (χ3v) is 3.56. The van der Waals surface area contributed by atoms with Crippen LogP contribution in [-0.4, -0.2) is 12.1 Å². The highest BCUT2D eigenvalue weighted by Crippen LogP contribution is 2.20. The van der Waals surface area contributed by atoms with Crippen LogP contribution in [-0.2, 0) is 6.54 Å². The zero-order chi connectivity index (χ0) is 17.5. The highest BCUT2D eigenvalue weighted by atomic mass is 16.5. The van der Waals surface area contributed by atoms with E-state index in [0.717, 1.165) is 16.9 Å². The summed E-state index contributed by atoms with van der Waals surface area (Å²) in [5, 5.41) is 12.3. The van der Waals surface area contributed by atoms with E-state index in [1.165, 1.54) is 0 Å². The van der Waals surface area contributed by atoms with Crippen molar-refractivity contribution in [1.82, 2.24) is 4.98 Å². The van der Waals surface area contributed by atoms with Crippen molar-refractivity contribution in [3.8, 4) is 11.8 Å². The van der Waals surface area contributed by atoms with E-state index < -0.39 is 0 Å². The average Bonchev–Trinajstić information content (AvgIpc) is 3.08. The third-order valence-electron chi connectivity index (χ3n) is 3.56. The van der Waals surface area contributed by atoms with E-state index in [1.54, 1.807) is 13.2 Å². The largest absolute Gasteiger partial charge is 0.497 e. The summed E-state index contributed by atoms with van der Waals surface area (Å²) in [5.41, 5.74) is 2.28. The number of ether oxygens (including phenoxy) is 1. The number of aromatic nitrogens is 1. The van der Waals surface area contributed by atoms with Gasteiger partial charge in [-0.3, -0.25) is 0 Å². The molecule has 0 atom stereocenters. The van der Waals surface area contributed by atoms with E-state index in [4.69, 9.17) is 9.15 Å². The van der Waals surface area contributed by atoms with Gasteiger partial charge in [-0.2, -0.15) is 10.2 Å². The van der Waals surface area contributed by atoms with Crippen molar-refractivity contribution in [3.05, 3.63) is 77.3 Å². The van der Waals surface area contributed by atoms with E-state index in [9.17, 15) is 5.26 Å². The van der Waals surface area contributed by atoms with E-state index in [2.05, 4.69) is 10.3 Å². The maximum Gasteiger partial charge on any atom is 0.232 e. The van der Waals surface area contributed by atoms with Crippen LogP contribution in [0.3, 0.4) is 0 Å². The molecule has 2 aromatic carbocycles. The fourth-order valence-electron chi connectivity index (χ4n) is 2.29. The van der Waals surface area contributed by atoms with Crippen LogP contribution in [0, 0.1) is 11.3 Å². The maximum absolute atomic E-state index is 9.23. The van der Waals surface area contributed by atoms with E-state index in [-0.39, 0.29) is 5.69 Å². The monoisotopic (exact) mass is 331 g/mol. The number of methoxy groups -OCH3 is 1. The summed E-state index contributed by atoms with van der Waals surface area (Å²) >= 11 is 0. The molecule has 0 aliphatic heterocycles.